The van der Waals surface area contributed by atoms with Gasteiger partial charge in [0, 0.05) is 6.54 Å². The van der Waals surface area contributed by atoms with Gasteiger partial charge in [-0.3, -0.25) is 0 Å². The van der Waals surface area contributed by atoms with Crippen molar-refractivity contribution in [3.05, 3.63) is 34.4 Å². The zero-order valence-corrected chi connectivity index (χ0v) is 9.65. The lowest BCUT2D eigenvalue weighted by Gasteiger charge is -2.21. The van der Waals surface area contributed by atoms with Crippen LogP contribution in [-0.4, -0.2) is 12.7 Å². The van der Waals surface area contributed by atoms with Gasteiger partial charge in [0.1, 0.15) is 0 Å². The van der Waals surface area contributed by atoms with Gasteiger partial charge in [-0.2, -0.15) is 13.2 Å². The third kappa shape index (κ3) is 2.55. The maximum Gasteiger partial charge on any atom is 0.396 e. The van der Waals surface area contributed by atoms with Crippen molar-refractivity contribution in [2.45, 2.75) is 32.9 Å². The van der Waals surface area contributed by atoms with Crippen LogP contribution < -0.4 is 5.73 Å². The van der Waals surface area contributed by atoms with Gasteiger partial charge in [0.25, 0.3) is 0 Å². The Labute approximate surface area is 93.5 Å². The van der Waals surface area contributed by atoms with Crippen molar-refractivity contribution in [3.63, 3.8) is 0 Å². The number of hydrogen-bond donors (Lipinski definition) is 1. The van der Waals surface area contributed by atoms with Gasteiger partial charge >= 0.3 is 6.18 Å². The van der Waals surface area contributed by atoms with Crippen LogP contribution in [0, 0.1) is 20.8 Å². The Kier molecular flexibility index (Phi) is 3.63. The van der Waals surface area contributed by atoms with Crippen molar-refractivity contribution >= 4 is 0 Å². The monoisotopic (exact) mass is 231 g/mol. The fourth-order valence-corrected chi connectivity index (χ4v) is 1.80. The molecule has 0 fully saturated rings. The van der Waals surface area contributed by atoms with Crippen LogP contribution in [0.2, 0.25) is 0 Å². The van der Waals surface area contributed by atoms with Crippen molar-refractivity contribution < 1.29 is 13.2 Å². The summed E-state index contributed by atoms with van der Waals surface area (Å²) in [6.45, 7) is 4.97. The largest absolute Gasteiger partial charge is 0.396 e. The zero-order chi connectivity index (χ0) is 12.5. The van der Waals surface area contributed by atoms with Crippen molar-refractivity contribution in [1.29, 1.82) is 0 Å². The van der Waals surface area contributed by atoms with Gasteiger partial charge in [-0.15, -0.1) is 0 Å². The van der Waals surface area contributed by atoms with Gasteiger partial charge in [0.2, 0.25) is 0 Å². The molecule has 0 amide bonds. The van der Waals surface area contributed by atoms with Crippen LogP contribution in [0.25, 0.3) is 0 Å². The summed E-state index contributed by atoms with van der Waals surface area (Å²) in [5.74, 6) is -1.56. The van der Waals surface area contributed by atoms with Gasteiger partial charge in [-0.25, -0.2) is 0 Å². The molecule has 0 aromatic heterocycles. The van der Waals surface area contributed by atoms with E-state index < -0.39 is 18.6 Å². The summed E-state index contributed by atoms with van der Waals surface area (Å²) in [6.07, 6.45) is -4.28. The van der Waals surface area contributed by atoms with E-state index in [4.69, 9.17) is 5.73 Å². The lowest BCUT2D eigenvalue weighted by molar-refractivity contribution is -0.148. The highest BCUT2D eigenvalue weighted by Crippen LogP contribution is 2.36. The maximum absolute atomic E-state index is 12.7. The van der Waals surface area contributed by atoms with Crippen molar-refractivity contribution in [2.24, 2.45) is 5.73 Å². The minimum atomic E-state index is -4.28. The molecule has 4 heteroatoms. The molecule has 1 aromatic rings. The van der Waals surface area contributed by atoms with E-state index >= 15 is 0 Å². The first-order chi connectivity index (χ1) is 7.27. The van der Waals surface area contributed by atoms with Crippen molar-refractivity contribution in [1.82, 2.24) is 0 Å². The van der Waals surface area contributed by atoms with Crippen LogP contribution in [0.5, 0.6) is 0 Å². The SMILES string of the molecule is Cc1cc(C)c(C(CN)C(F)(F)F)cc1C. The number of halogens is 3. The first kappa shape index (κ1) is 13.0. The molecule has 1 unspecified atom stereocenters. The van der Waals surface area contributed by atoms with Gasteiger partial charge < -0.3 is 5.73 Å². The van der Waals surface area contributed by atoms with E-state index in [1.54, 1.807) is 19.1 Å². The van der Waals surface area contributed by atoms with E-state index in [0.717, 1.165) is 11.1 Å². The molecule has 1 aromatic carbocycles. The van der Waals surface area contributed by atoms with Gasteiger partial charge in [-0.05, 0) is 43.0 Å². The normalized spacial score (nSPS) is 13.9. The molecule has 0 aliphatic heterocycles. The second-order valence-corrected chi connectivity index (χ2v) is 4.12. The fraction of sp³-hybridized carbons (Fsp3) is 0.500. The van der Waals surface area contributed by atoms with Crippen LogP contribution in [-0.2, 0) is 0 Å². The maximum atomic E-state index is 12.7. The highest BCUT2D eigenvalue weighted by molar-refractivity contribution is 5.39. The Morgan fingerprint density at radius 3 is 2.00 bits per heavy atom. The number of hydrogen-bond acceptors (Lipinski definition) is 1. The Morgan fingerprint density at radius 2 is 1.56 bits per heavy atom. The van der Waals surface area contributed by atoms with Gasteiger partial charge in [0.05, 0.1) is 5.92 Å². The molecule has 2 N–H and O–H groups in total. The summed E-state index contributed by atoms with van der Waals surface area (Å²) in [5.41, 5.74) is 8.03. The Balaban J connectivity index is 3.26. The Bertz CT molecular complexity index is 383. The molecule has 0 saturated carbocycles. The van der Waals surface area contributed by atoms with E-state index in [2.05, 4.69) is 0 Å². The lowest BCUT2D eigenvalue weighted by Crippen LogP contribution is -2.28. The van der Waals surface area contributed by atoms with E-state index in [9.17, 15) is 13.2 Å². The summed E-state index contributed by atoms with van der Waals surface area (Å²) in [7, 11) is 0. The summed E-state index contributed by atoms with van der Waals surface area (Å²) in [5, 5.41) is 0. The van der Waals surface area contributed by atoms with E-state index in [0.29, 0.717) is 5.56 Å². The lowest BCUT2D eigenvalue weighted by atomic mass is 9.91. The number of alkyl halides is 3. The van der Waals surface area contributed by atoms with Crippen LogP contribution in [0.4, 0.5) is 13.2 Å². The van der Waals surface area contributed by atoms with Crippen LogP contribution in [0.1, 0.15) is 28.2 Å². The Hall–Kier alpha value is -1.03. The fourth-order valence-electron chi connectivity index (χ4n) is 1.80. The summed E-state index contributed by atoms with van der Waals surface area (Å²) in [4.78, 5) is 0. The molecule has 16 heavy (non-hydrogen) atoms. The topological polar surface area (TPSA) is 26.0 Å². The molecule has 1 nitrogen and oxygen atoms in total. The van der Waals surface area contributed by atoms with Crippen LogP contribution in [0.3, 0.4) is 0 Å². The molecular weight excluding hydrogens is 215 g/mol. The molecule has 1 atom stereocenters. The summed E-state index contributed by atoms with van der Waals surface area (Å²) in [6, 6.07) is 3.37. The first-order valence-electron chi connectivity index (χ1n) is 5.12. The zero-order valence-electron chi connectivity index (χ0n) is 9.65. The second kappa shape index (κ2) is 4.45. The molecule has 0 aliphatic rings. The summed E-state index contributed by atoms with van der Waals surface area (Å²) >= 11 is 0. The quantitative estimate of drug-likeness (QED) is 0.831. The predicted octanol–water partition coefficient (Wildman–Crippen LogP) is 3.22. The summed E-state index contributed by atoms with van der Waals surface area (Å²) < 4.78 is 38.2. The Morgan fingerprint density at radius 1 is 1.06 bits per heavy atom. The van der Waals surface area contributed by atoms with Gasteiger partial charge in [-0.1, -0.05) is 12.1 Å². The van der Waals surface area contributed by atoms with Crippen LogP contribution in [0.15, 0.2) is 12.1 Å². The van der Waals surface area contributed by atoms with E-state index in [1.807, 2.05) is 13.8 Å². The average Bonchev–Trinajstić information content (AvgIpc) is 2.12. The van der Waals surface area contributed by atoms with E-state index in [1.165, 1.54) is 0 Å². The van der Waals surface area contributed by atoms with Gasteiger partial charge in [0.15, 0.2) is 0 Å². The standard InChI is InChI=1S/C12H16F3N/c1-7-4-9(3)10(5-8(7)2)11(6-16)12(13,14)15/h4-5,11H,6,16H2,1-3H3. The molecule has 0 radical (unpaired) electrons. The molecule has 90 valence electrons. The number of benzene rings is 1. The molecule has 0 heterocycles. The van der Waals surface area contributed by atoms with Crippen molar-refractivity contribution in [2.75, 3.05) is 6.54 Å². The third-order valence-corrected chi connectivity index (χ3v) is 2.89. The second-order valence-electron chi connectivity index (χ2n) is 4.12. The molecule has 0 bridgehead atoms. The highest BCUT2D eigenvalue weighted by Gasteiger charge is 2.40. The average molecular weight is 231 g/mol. The smallest absolute Gasteiger partial charge is 0.330 e. The molecule has 0 saturated heterocycles. The number of rotatable bonds is 2. The van der Waals surface area contributed by atoms with Crippen molar-refractivity contribution in [3.8, 4) is 0 Å². The minimum absolute atomic E-state index is 0.290. The van der Waals surface area contributed by atoms with E-state index in [-0.39, 0.29) is 5.56 Å². The molecular formula is C12H16F3N. The minimum Gasteiger partial charge on any atom is -0.330 e. The number of nitrogens with two attached hydrogens (primary N) is 1. The highest BCUT2D eigenvalue weighted by atomic mass is 19.4. The third-order valence-electron chi connectivity index (χ3n) is 2.89. The molecule has 0 spiro atoms. The number of aryl methyl sites for hydroxylation is 3. The predicted molar refractivity (Wildman–Crippen MR) is 58.5 cm³/mol. The molecule has 0 aliphatic carbocycles. The molecule has 1 rings (SSSR count). The first-order valence-corrected chi connectivity index (χ1v) is 5.12. The van der Waals surface area contributed by atoms with Crippen LogP contribution >= 0.6 is 0 Å².